The lowest BCUT2D eigenvalue weighted by molar-refractivity contribution is -0.125. The van der Waals surface area contributed by atoms with Crippen molar-refractivity contribution in [2.75, 3.05) is 20.3 Å². The zero-order chi connectivity index (χ0) is 21.6. The van der Waals surface area contributed by atoms with E-state index in [0.29, 0.717) is 25.8 Å². The van der Waals surface area contributed by atoms with E-state index in [2.05, 4.69) is 10.0 Å². The lowest BCUT2D eigenvalue weighted by atomic mass is 9.98. The fourth-order valence-electron chi connectivity index (χ4n) is 4.27. The molecule has 2 fully saturated rings. The van der Waals surface area contributed by atoms with Crippen LogP contribution in [0.3, 0.4) is 0 Å². The number of ether oxygens (including phenoxy) is 2. The molecule has 0 unspecified atom stereocenters. The van der Waals surface area contributed by atoms with Crippen LogP contribution in [0, 0.1) is 5.92 Å². The van der Waals surface area contributed by atoms with E-state index in [1.807, 2.05) is 0 Å². The van der Waals surface area contributed by atoms with Crippen molar-refractivity contribution in [3.63, 3.8) is 0 Å². The van der Waals surface area contributed by atoms with Crippen LogP contribution >= 0.6 is 0 Å². The quantitative estimate of drug-likeness (QED) is 0.537. The molecule has 0 spiro atoms. The van der Waals surface area contributed by atoms with Crippen molar-refractivity contribution in [2.24, 2.45) is 5.92 Å². The van der Waals surface area contributed by atoms with Gasteiger partial charge >= 0.3 is 0 Å². The van der Waals surface area contributed by atoms with E-state index < -0.39 is 22.2 Å². The highest BCUT2D eigenvalue weighted by Gasteiger charge is 2.34. The Kier molecular flexibility index (Phi) is 8.10. The fraction of sp³-hybridized carbons (Fsp3) is 0.667. The lowest BCUT2D eigenvalue weighted by Crippen LogP contribution is -2.51. The molecule has 1 aliphatic carbocycles. The molecule has 1 heterocycles. The van der Waals surface area contributed by atoms with Crippen molar-refractivity contribution >= 4 is 15.9 Å². The van der Waals surface area contributed by atoms with Crippen LogP contribution in [0.4, 0.5) is 0 Å². The number of methoxy groups -OCH3 is 1. The first-order valence-corrected chi connectivity index (χ1v) is 12.1. The maximum Gasteiger partial charge on any atom is 0.244 e. The molecule has 1 aliphatic heterocycles. The first-order valence-electron chi connectivity index (χ1n) is 10.6. The Morgan fingerprint density at radius 3 is 2.63 bits per heavy atom. The highest BCUT2D eigenvalue weighted by Crippen LogP contribution is 2.27. The second-order valence-electron chi connectivity index (χ2n) is 8.00. The third-order valence-electron chi connectivity index (χ3n) is 5.95. The number of amides is 1. The molecule has 0 radical (unpaired) electrons. The molecule has 2 aliphatic rings. The van der Waals surface area contributed by atoms with Gasteiger partial charge in [0.05, 0.1) is 32.0 Å². The summed E-state index contributed by atoms with van der Waals surface area (Å²) in [5.74, 6) is 0.513. The first kappa shape index (κ1) is 23.0. The first-order chi connectivity index (χ1) is 14.4. The SMILES string of the molecule is COc1ccccc1S(=O)(=O)N[C@H]1CC[C@@H](CCNC(=O)C2CCCC2)O[C@@H]1CO. The van der Waals surface area contributed by atoms with Gasteiger partial charge in [0.25, 0.3) is 0 Å². The predicted molar refractivity (Wildman–Crippen MR) is 112 cm³/mol. The number of aliphatic hydroxyl groups excluding tert-OH is 1. The summed E-state index contributed by atoms with van der Waals surface area (Å²) in [7, 11) is -2.40. The Hall–Kier alpha value is -1.68. The van der Waals surface area contributed by atoms with Gasteiger partial charge in [-0.25, -0.2) is 13.1 Å². The van der Waals surface area contributed by atoms with Crippen LogP contribution in [0.25, 0.3) is 0 Å². The maximum absolute atomic E-state index is 12.8. The van der Waals surface area contributed by atoms with Crippen LogP contribution < -0.4 is 14.8 Å². The molecule has 0 bridgehead atoms. The molecule has 1 saturated carbocycles. The summed E-state index contributed by atoms with van der Waals surface area (Å²) in [6.45, 7) is 0.236. The van der Waals surface area contributed by atoms with Gasteiger partial charge in [-0.1, -0.05) is 25.0 Å². The molecular formula is C21H32N2O6S. The van der Waals surface area contributed by atoms with Gasteiger partial charge in [0.15, 0.2) is 0 Å². The number of carbonyl (C=O) groups is 1. The smallest absolute Gasteiger partial charge is 0.244 e. The predicted octanol–water partition coefficient (Wildman–Crippen LogP) is 1.58. The molecule has 9 heteroatoms. The largest absolute Gasteiger partial charge is 0.495 e. The number of carbonyl (C=O) groups excluding carboxylic acids is 1. The third kappa shape index (κ3) is 5.72. The Balaban J connectivity index is 1.52. The van der Waals surface area contributed by atoms with E-state index in [9.17, 15) is 18.3 Å². The van der Waals surface area contributed by atoms with Crippen molar-refractivity contribution in [3.05, 3.63) is 24.3 Å². The van der Waals surface area contributed by atoms with Crippen LogP contribution in [0.1, 0.15) is 44.9 Å². The Morgan fingerprint density at radius 1 is 1.20 bits per heavy atom. The van der Waals surface area contributed by atoms with E-state index >= 15 is 0 Å². The highest BCUT2D eigenvalue weighted by atomic mass is 32.2. The average Bonchev–Trinajstić information content (AvgIpc) is 3.29. The van der Waals surface area contributed by atoms with Crippen LogP contribution in [0.5, 0.6) is 5.75 Å². The number of para-hydroxylation sites is 1. The van der Waals surface area contributed by atoms with E-state index in [0.717, 1.165) is 25.7 Å². The van der Waals surface area contributed by atoms with Gasteiger partial charge in [0.1, 0.15) is 10.6 Å². The number of nitrogens with one attached hydrogen (secondary N) is 2. The molecule has 3 atom stereocenters. The molecule has 1 saturated heterocycles. The standard InChI is InChI=1S/C21H32N2O6S/c1-28-18-8-4-5-9-20(18)30(26,27)23-17-11-10-16(29-19(17)14-24)12-13-22-21(25)15-6-2-3-7-15/h4-5,8-9,15-17,19,23-24H,2-3,6-7,10-14H2,1H3,(H,22,25)/t16-,17-,19+/m0/s1. The van der Waals surface area contributed by atoms with Crippen molar-refractivity contribution in [3.8, 4) is 5.75 Å². The fourth-order valence-corrected chi connectivity index (χ4v) is 5.74. The van der Waals surface area contributed by atoms with Crippen molar-refractivity contribution in [1.82, 2.24) is 10.0 Å². The molecule has 1 aromatic rings. The van der Waals surface area contributed by atoms with Gasteiger partial charge in [0, 0.05) is 12.5 Å². The normalized spacial score (nSPS) is 25.2. The van der Waals surface area contributed by atoms with Crippen LogP contribution in [0.2, 0.25) is 0 Å². The molecule has 3 N–H and O–H groups in total. The average molecular weight is 441 g/mol. The van der Waals surface area contributed by atoms with Crippen molar-refractivity contribution in [1.29, 1.82) is 0 Å². The summed E-state index contributed by atoms with van der Waals surface area (Å²) in [5.41, 5.74) is 0. The lowest BCUT2D eigenvalue weighted by Gasteiger charge is -2.36. The molecule has 1 amide bonds. The van der Waals surface area contributed by atoms with Gasteiger partial charge in [-0.15, -0.1) is 0 Å². The van der Waals surface area contributed by atoms with Crippen LogP contribution in [-0.4, -0.2) is 57.9 Å². The Labute approximate surface area is 178 Å². The van der Waals surface area contributed by atoms with Crippen molar-refractivity contribution < 1.29 is 27.8 Å². The van der Waals surface area contributed by atoms with Gasteiger partial charge in [-0.2, -0.15) is 0 Å². The second kappa shape index (κ2) is 10.6. The summed E-state index contributed by atoms with van der Waals surface area (Å²) < 4.78 is 39.4. The topological polar surface area (TPSA) is 114 Å². The van der Waals surface area contributed by atoms with E-state index in [-0.39, 0.29) is 35.2 Å². The summed E-state index contributed by atoms with van der Waals surface area (Å²) in [4.78, 5) is 12.2. The Morgan fingerprint density at radius 2 is 1.93 bits per heavy atom. The molecule has 30 heavy (non-hydrogen) atoms. The minimum absolute atomic E-state index is 0.0564. The zero-order valence-corrected chi connectivity index (χ0v) is 18.2. The maximum atomic E-state index is 12.8. The van der Waals surface area contributed by atoms with Gasteiger partial charge in [-0.3, -0.25) is 4.79 Å². The van der Waals surface area contributed by atoms with Gasteiger partial charge in [0.2, 0.25) is 15.9 Å². The third-order valence-corrected chi connectivity index (χ3v) is 7.48. The van der Waals surface area contributed by atoms with E-state index in [4.69, 9.17) is 9.47 Å². The highest BCUT2D eigenvalue weighted by molar-refractivity contribution is 7.89. The molecule has 3 rings (SSSR count). The molecule has 1 aromatic carbocycles. The molecular weight excluding hydrogens is 408 g/mol. The minimum atomic E-state index is -3.82. The molecule has 0 aromatic heterocycles. The summed E-state index contributed by atoms with van der Waals surface area (Å²) in [6.07, 6.45) is 5.23. The summed E-state index contributed by atoms with van der Waals surface area (Å²) in [5, 5.41) is 12.7. The Bertz CT molecular complexity index is 809. The number of aliphatic hydroxyl groups is 1. The monoisotopic (exact) mass is 440 g/mol. The molecule has 168 valence electrons. The zero-order valence-electron chi connectivity index (χ0n) is 17.4. The number of hydrogen-bond acceptors (Lipinski definition) is 6. The molecule has 8 nitrogen and oxygen atoms in total. The number of benzene rings is 1. The van der Waals surface area contributed by atoms with Gasteiger partial charge < -0.3 is 19.9 Å². The second-order valence-corrected chi connectivity index (χ2v) is 9.68. The van der Waals surface area contributed by atoms with Gasteiger partial charge in [-0.05, 0) is 44.2 Å². The van der Waals surface area contributed by atoms with E-state index in [1.54, 1.807) is 18.2 Å². The minimum Gasteiger partial charge on any atom is -0.495 e. The summed E-state index contributed by atoms with van der Waals surface area (Å²) in [6, 6.07) is 5.87. The van der Waals surface area contributed by atoms with Crippen molar-refractivity contribution in [2.45, 2.75) is 68.1 Å². The number of hydrogen-bond donors (Lipinski definition) is 3. The van der Waals surface area contributed by atoms with E-state index in [1.165, 1.54) is 13.2 Å². The van der Waals surface area contributed by atoms with Crippen LogP contribution in [0.15, 0.2) is 29.2 Å². The van der Waals surface area contributed by atoms with Crippen LogP contribution in [-0.2, 0) is 19.6 Å². The summed E-state index contributed by atoms with van der Waals surface area (Å²) >= 11 is 0. The number of sulfonamides is 1. The number of rotatable bonds is 9.